The van der Waals surface area contributed by atoms with E-state index in [0.29, 0.717) is 0 Å². The molecule has 1 unspecified atom stereocenters. The van der Waals surface area contributed by atoms with E-state index in [4.69, 9.17) is 4.98 Å². The Labute approximate surface area is 230 Å². The molecule has 1 saturated heterocycles. The van der Waals surface area contributed by atoms with Crippen LogP contribution < -0.4 is 10.6 Å². The van der Waals surface area contributed by atoms with Gasteiger partial charge >= 0.3 is 0 Å². The van der Waals surface area contributed by atoms with E-state index in [2.05, 4.69) is 20.5 Å². The number of nitrogens with zero attached hydrogens (tertiary/aromatic N) is 4. The maximum Gasteiger partial charge on any atom is 0.264 e. The highest BCUT2D eigenvalue weighted by Crippen LogP contribution is 2.28. The monoisotopic (exact) mass is 554 g/mol. The highest BCUT2D eigenvalue weighted by Gasteiger charge is 2.25. The Balaban J connectivity index is 0.000000187. The number of fused-ring (bicyclic) bond motifs is 1. The Kier molecular flexibility index (Phi) is 9.68. The van der Waals surface area contributed by atoms with Gasteiger partial charge in [-0.1, -0.05) is 24.1 Å². The summed E-state index contributed by atoms with van der Waals surface area (Å²) in [6.07, 6.45) is 12.6. The van der Waals surface area contributed by atoms with Gasteiger partial charge in [0.1, 0.15) is 12.4 Å². The smallest absolute Gasteiger partial charge is 0.264 e. The molecule has 1 aromatic carbocycles. The molecule has 0 radical (unpaired) electrons. The van der Waals surface area contributed by atoms with Crippen molar-refractivity contribution in [2.24, 2.45) is 0 Å². The van der Waals surface area contributed by atoms with E-state index in [-0.39, 0.29) is 29.3 Å². The van der Waals surface area contributed by atoms with Gasteiger partial charge in [0.15, 0.2) is 0 Å². The fraction of sp³-hybridized carbons (Fsp3) is 0.500. The predicted molar refractivity (Wildman–Crippen MR) is 148 cm³/mol. The first-order chi connectivity index (χ1) is 18.7. The second-order valence-corrected chi connectivity index (χ2v) is 12.1. The van der Waals surface area contributed by atoms with Gasteiger partial charge in [-0.3, -0.25) is 13.9 Å². The van der Waals surface area contributed by atoms with Crippen molar-refractivity contribution in [3.63, 3.8) is 0 Å². The van der Waals surface area contributed by atoms with Gasteiger partial charge in [-0.2, -0.15) is 0 Å². The predicted octanol–water partition coefficient (Wildman–Crippen LogP) is 2.61. The molecule has 39 heavy (non-hydrogen) atoms. The zero-order chi connectivity index (χ0) is 27.8. The van der Waals surface area contributed by atoms with Crippen molar-refractivity contribution in [2.45, 2.75) is 69.7 Å². The number of sulfonamides is 1. The van der Waals surface area contributed by atoms with Crippen LogP contribution in [-0.4, -0.2) is 65.6 Å². The van der Waals surface area contributed by atoms with Gasteiger partial charge < -0.3 is 15.5 Å². The summed E-state index contributed by atoms with van der Waals surface area (Å²) in [5, 5.41) is 5.43. The Bertz CT molecular complexity index is 1290. The fourth-order valence-electron chi connectivity index (χ4n) is 5.01. The summed E-state index contributed by atoms with van der Waals surface area (Å²) in [6, 6.07) is 6.61. The van der Waals surface area contributed by atoms with Gasteiger partial charge in [-0.25, -0.2) is 18.4 Å². The van der Waals surface area contributed by atoms with Crippen molar-refractivity contribution in [1.82, 2.24) is 29.8 Å². The first-order valence-electron chi connectivity index (χ1n) is 13.6. The van der Waals surface area contributed by atoms with Crippen molar-refractivity contribution in [1.29, 1.82) is 0 Å². The Morgan fingerprint density at radius 2 is 1.87 bits per heavy atom. The third kappa shape index (κ3) is 7.86. The van der Waals surface area contributed by atoms with Gasteiger partial charge in [0.05, 0.1) is 10.9 Å². The average Bonchev–Trinajstić information content (AvgIpc) is 2.93. The van der Waals surface area contributed by atoms with Crippen molar-refractivity contribution in [2.75, 3.05) is 26.2 Å². The Morgan fingerprint density at radius 1 is 1.13 bits per heavy atom. The van der Waals surface area contributed by atoms with Crippen LogP contribution in [0.1, 0.15) is 67.7 Å². The van der Waals surface area contributed by atoms with Gasteiger partial charge in [0, 0.05) is 49.7 Å². The molecule has 0 spiro atoms. The third-order valence-electron chi connectivity index (χ3n) is 7.12. The molecule has 210 valence electrons. The molecule has 11 heteroatoms. The molecule has 5 rings (SSSR count). The van der Waals surface area contributed by atoms with E-state index in [1.54, 1.807) is 19.1 Å². The number of nitrogens with one attached hydrogen (secondary N) is 2. The molecule has 10 nitrogen and oxygen atoms in total. The van der Waals surface area contributed by atoms with Crippen LogP contribution in [0.4, 0.5) is 0 Å². The molecule has 2 aromatic rings. The highest BCUT2D eigenvalue weighted by atomic mass is 32.2. The molecule has 1 fully saturated rings. The van der Waals surface area contributed by atoms with Crippen LogP contribution in [0.25, 0.3) is 0 Å². The number of aryl methyl sites for hydroxylation is 2. The van der Waals surface area contributed by atoms with Gasteiger partial charge in [-0.15, -0.1) is 0 Å². The standard InChI is InChI=1S/C17H26N4O.C11H12N2O3S/c1-13(22)19-15-6-5-7-16-14(15)12-18-17(20-16)8-11-21-9-3-2-4-10-21;1-9-2-4-10(5-3-9)17(15,16)13-7-6-12-11(14)8-13/h12,15H,2-11H2,1H3,(H,19,22);2-7H,8H2,1H3,(H,12,14). The summed E-state index contributed by atoms with van der Waals surface area (Å²) in [5.74, 6) is 0.628. The van der Waals surface area contributed by atoms with Crippen molar-refractivity contribution < 1.29 is 18.0 Å². The minimum Gasteiger partial charge on any atom is -0.349 e. The first kappa shape index (κ1) is 28.7. The molecule has 2 amide bonds. The topological polar surface area (TPSA) is 125 Å². The Hall–Kier alpha value is -3.31. The maximum atomic E-state index is 12.1. The zero-order valence-electron chi connectivity index (χ0n) is 22.7. The quantitative estimate of drug-likeness (QED) is 0.562. The summed E-state index contributed by atoms with van der Waals surface area (Å²) >= 11 is 0. The zero-order valence-corrected chi connectivity index (χ0v) is 23.5. The van der Waals surface area contributed by atoms with Crippen LogP contribution in [-0.2, 0) is 32.5 Å². The second kappa shape index (κ2) is 13.2. The first-order valence-corrected chi connectivity index (χ1v) is 15.0. The summed E-state index contributed by atoms with van der Waals surface area (Å²) < 4.78 is 25.3. The maximum absolute atomic E-state index is 12.1. The lowest BCUT2D eigenvalue weighted by molar-refractivity contribution is -0.121. The van der Waals surface area contributed by atoms with Crippen molar-refractivity contribution in [3.8, 4) is 0 Å². The summed E-state index contributed by atoms with van der Waals surface area (Å²) in [6.45, 7) is 6.76. The molecule has 3 heterocycles. The van der Waals surface area contributed by atoms with Crippen LogP contribution in [0, 0.1) is 6.92 Å². The summed E-state index contributed by atoms with van der Waals surface area (Å²) in [7, 11) is -3.63. The molecular formula is C28H38N6O4S. The molecular weight excluding hydrogens is 516 g/mol. The van der Waals surface area contributed by atoms with Crippen molar-refractivity contribution in [3.05, 3.63) is 65.5 Å². The van der Waals surface area contributed by atoms with Crippen LogP contribution in [0.15, 0.2) is 47.8 Å². The highest BCUT2D eigenvalue weighted by molar-refractivity contribution is 7.89. The van der Waals surface area contributed by atoms with E-state index < -0.39 is 10.0 Å². The van der Waals surface area contributed by atoms with Crippen LogP contribution >= 0.6 is 0 Å². The van der Waals surface area contributed by atoms with E-state index >= 15 is 0 Å². The number of likely N-dealkylation sites (tertiary alicyclic amines) is 1. The lowest BCUT2D eigenvalue weighted by Crippen LogP contribution is -2.39. The summed E-state index contributed by atoms with van der Waals surface area (Å²) in [4.78, 5) is 34.5. The van der Waals surface area contributed by atoms with Gasteiger partial charge in [0.25, 0.3) is 10.0 Å². The summed E-state index contributed by atoms with van der Waals surface area (Å²) in [5.41, 5.74) is 3.23. The van der Waals surface area contributed by atoms with E-state index in [1.807, 2.05) is 13.1 Å². The van der Waals surface area contributed by atoms with Gasteiger partial charge in [-0.05, 0) is 64.3 Å². The molecule has 0 bridgehead atoms. The van der Waals surface area contributed by atoms with Crippen LogP contribution in [0.5, 0.6) is 0 Å². The SMILES string of the molecule is CC(=O)NC1CCCc2nc(CCN3CCCCC3)ncc21.Cc1ccc(S(=O)(=O)N2C=CNC(=O)C2)cc1. The minimum atomic E-state index is -3.63. The lowest BCUT2D eigenvalue weighted by atomic mass is 9.92. The fourth-order valence-corrected chi connectivity index (χ4v) is 6.27. The molecule has 2 aliphatic heterocycles. The largest absolute Gasteiger partial charge is 0.349 e. The number of piperidine rings is 1. The lowest BCUT2D eigenvalue weighted by Gasteiger charge is -2.27. The van der Waals surface area contributed by atoms with Crippen LogP contribution in [0.3, 0.4) is 0 Å². The minimum absolute atomic E-state index is 0.0204. The number of hydrogen-bond acceptors (Lipinski definition) is 7. The molecule has 2 N–H and O–H groups in total. The average molecular weight is 555 g/mol. The van der Waals surface area contributed by atoms with E-state index in [9.17, 15) is 18.0 Å². The number of amides is 2. The normalized spacial score (nSPS) is 19.4. The number of hydrogen-bond donors (Lipinski definition) is 2. The molecule has 1 aromatic heterocycles. The van der Waals surface area contributed by atoms with Crippen LogP contribution in [0.2, 0.25) is 0 Å². The molecule has 0 saturated carbocycles. The number of carbonyl (C=O) groups is 2. The number of aromatic nitrogens is 2. The molecule has 3 aliphatic rings. The second-order valence-electron chi connectivity index (χ2n) is 10.2. The number of carbonyl (C=O) groups excluding carboxylic acids is 2. The van der Waals surface area contributed by atoms with Gasteiger partial charge in [0.2, 0.25) is 11.8 Å². The molecule has 1 atom stereocenters. The molecule has 1 aliphatic carbocycles. The van der Waals surface area contributed by atoms with Crippen molar-refractivity contribution >= 4 is 21.8 Å². The van der Waals surface area contributed by atoms with E-state index in [0.717, 1.165) is 59.2 Å². The van der Waals surface area contributed by atoms with E-state index in [1.165, 1.54) is 56.9 Å². The number of benzene rings is 1. The Morgan fingerprint density at radius 3 is 2.56 bits per heavy atom. The third-order valence-corrected chi connectivity index (χ3v) is 8.86. The number of rotatable bonds is 6.